The molecular formula is C16H18N2O3. The Morgan fingerprint density at radius 2 is 2.14 bits per heavy atom. The van der Waals surface area contributed by atoms with Crippen LogP contribution in [0.15, 0.2) is 42.6 Å². The highest BCUT2D eigenvalue weighted by molar-refractivity contribution is 5.88. The van der Waals surface area contributed by atoms with Crippen LogP contribution in [0, 0.1) is 0 Å². The molecule has 0 spiro atoms. The molecule has 5 nitrogen and oxygen atoms in total. The van der Waals surface area contributed by atoms with Crippen molar-refractivity contribution in [2.24, 2.45) is 0 Å². The first kappa shape index (κ1) is 14.8. The molecule has 0 radical (unpaired) electrons. The summed E-state index contributed by atoms with van der Waals surface area (Å²) in [6.45, 7) is 3.23. The fraction of sp³-hybridized carbons (Fsp3) is 0.250. The van der Waals surface area contributed by atoms with E-state index in [4.69, 9.17) is 4.74 Å². The molecule has 1 heterocycles. The van der Waals surface area contributed by atoms with Crippen LogP contribution in [0.3, 0.4) is 0 Å². The first-order chi connectivity index (χ1) is 10.2. The van der Waals surface area contributed by atoms with E-state index in [0.29, 0.717) is 13.2 Å². The molecule has 0 bridgehead atoms. The highest BCUT2D eigenvalue weighted by Crippen LogP contribution is 2.15. The number of hydrogen-bond donors (Lipinski definition) is 1. The minimum Gasteiger partial charge on any atom is -0.494 e. The molecule has 0 amide bonds. The van der Waals surface area contributed by atoms with Gasteiger partial charge in [-0.05, 0) is 36.8 Å². The predicted octanol–water partition coefficient (Wildman–Crippen LogP) is 2.88. The Kier molecular flexibility index (Phi) is 5.15. The van der Waals surface area contributed by atoms with Gasteiger partial charge in [0.1, 0.15) is 11.4 Å². The van der Waals surface area contributed by atoms with Gasteiger partial charge in [0, 0.05) is 18.4 Å². The van der Waals surface area contributed by atoms with Crippen LogP contribution in [0.5, 0.6) is 5.75 Å². The van der Waals surface area contributed by atoms with Gasteiger partial charge in [-0.15, -0.1) is 0 Å². The summed E-state index contributed by atoms with van der Waals surface area (Å²) in [5.74, 6) is 0.402. The number of carbonyl (C=O) groups excluding carboxylic acids is 1. The summed E-state index contributed by atoms with van der Waals surface area (Å²) in [7, 11) is 1.34. The number of nitrogens with zero attached hydrogens (tertiary/aromatic N) is 1. The summed E-state index contributed by atoms with van der Waals surface area (Å²) in [4.78, 5) is 15.4. The monoisotopic (exact) mass is 286 g/mol. The molecule has 0 fully saturated rings. The maximum Gasteiger partial charge on any atom is 0.356 e. The van der Waals surface area contributed by atoms with Gasteiger partial charge in [-0.1, -0.05) is 12.1 Å². The molecule has 21 heavy (non-hydrogen) atoms. The first-order valence-corrected chi connectivity index (χ1v) is 6.73. The van der Waals surface area contributed by atoms with E-state index in [0.717, 1.165) is 17.0 Å². The summed E-state index contributed by atoms with van der Waals surface area (Å²) < 4.78 is 10.1. The molecule has 0 unspecified atom stereocenters. The van der Waals surface area contributed by atoms with E-state index in [-0.39, 0.29) is 5.69 Å². The molecule has 110 valence electrons. The van der Waals surface area contributed by atoms with E-state index in [1.54, 1.807) is 18.3 Å². The largest absolute Gasteiger partial charge is 0.494 e. The standard InChI is InChI=1S/C16H18N2O3/c1-3-21-14-6-4-5-12(9-14)11-18-13-7-8-17-15(10-13)16(19)20-2/h4-10H,3,11H2,1-2H3,(H,17,18). The maximum absolute atomic E-state index is 11.4. The van der Waals surface area contributed by atoms with Crippen molar-refractivity contribution in [2.75, 3.05) is 19.0 Å². The molecule has 0 saturated carbocycles. The van der Waals surface area contributed by atoms with Crippen LogP contribution in [0.2, 0.25) is 0 Å². The second-order valence-electron chi connectivity index (χ2n) is 4.36. The van der Waals surface area contributed by atoms with Crippen molar-refractivity contribution in [1.82, 2.24) is 4.98 Å². The van der Waals surface area contributed by atoms with E-state index < -0.39 is 5.97 Å². The van der Waals surface area contributed by atoms with Gasteiger partial charge in [-0.3, -0.25) is 0 Å². The smallest absolute Gasteiger partial charge is 0.356 e. The van der Waals surface area contributed by atoms with Gasteiger partial charge in [-0.2, -0.15) is 0 Å². The van der Waals surface area contributed by atoms with Crippen molar-refractivity contribution in [3.05, 3.63) is 53.9 Å². The van der Waals surface area contributed by atoms with Gasteiger partial charge in [0.05, 0.1) is 13.7 Å². The van der Waals surface area contributed by atoms with E-state index in [1.165, 1.54) is 7.11 Å². The Bertz CT molecular complexity index is 614. The third-order valence-electron chi connectivity index (χ3n) is 2.86. The van der Waals surface area contributed by atoms with Crippen molar-refractivity contribution in [3.63, 3.8) is 0 Å². The molecule has 0 atom stereocenters. The zero-order valence-corrected chi connectivity index (χ0v) is 12.1. The molecule has 5 heteroatoms. The Morgan fingerprint density at radius 3 is 2.90 bits per heavy atom. The van der Waals surface area contributed by atoms with Gasteiger partial charge in [-0.25, -0.2) is 9.78 Å². The zero-order chi connectivity index (χ0) is 15.1. The fourth-order valence-corrected chi connectivity index (χ4v) is 1.87. The van der Waals surface area contributed by atoms with Crippen molar-refractivity contribution in [1.29, 1.82) is 0 Å². The van der Waals surface area contributed by atoms with Crippen LogP contribution in [0.4, 0.5) is 5.69 Å². The predicted molar refractivity (Wildman–Crippen MR) is 80.5 cm³/mol. The van der Waals surface area contributed by atoms with Crippen LogP contribution < -0.4 is 10.1 Å². The number of hydrogen-bond acceptors (Lipinski definition) is 5. The number of methoxy groups -OCH3 is 1. The SMILES string of the molecule is CCOc1cccc(CNc2ccnc(C(=O)OC)c2)c1. The summed E-state index contributed by atoms with van der Waals surface area (Å²) in [5, 5.41) is 3.25. The Morgan fingerprint density at radius 1 is 1.29 bits per heavy atom. The minimum atomic E-state index is -0.447. The Hall–Kier alpha value is -2.56. The van der Waals surface area contributed by atoms with E-state index >= 15 is 0 Å². The number of esters is 1. The fourth-order valence-electron chi connectivity index (χ4n) is 1.87. The van der Waals surface area contributed by atoms with Crippen LogP contribution in [-0.2, 0) is 11.3 Å². The second kappa shape index (κ2) is 7.28. The minimum absolute atomic E-state index is 0.283. The van der Waals surface area contributed by atoms with Crippen LogP contribution in [-0.4, -0.2) is 24.7 Å². The number of pyridine rings is 1. The Labute approximate surface area is 123 Å². The third-order valence-corrected chi connectivity index (χ3v) is 2.86. The lowest BCUT2D eigenvalue weighted by atomic mass is 10.2. The quantitative estimate of drug-likeness (QED) is 0.827. The Balaban J connectivity index is 2.02. The van der Waals surface area contributed by atoms with Crippen molar-refractivity contribution >= 4 is 11.7 Å². The number of carbonyl (C=O) groups is 1. The number of benzene rings is 1. The van der Waals surface area contributed by atoms with E-state index in [9.17, 15) is 4.79 Å². The van der Waals surface area contributed by atoms with E-state index in [1.807, 2.05) is 31.2 Å². The molecule has 2 rings (SSSR count). The molecule has 0 aliphatic heterocycles. The van der Waals surface area contributed by atoms with Crippen molar-refractivity contribution in [3.8, 4) is 5.75 Å². The molecule has 0 aliphatic rings. The van der Waals surface area contributed by atoms with E-state index in [2.05, 4.69) is 15.0 Å². The van der Waals surface area contributed by atoms with Gasteiger partial charge in [0.15, 0.2) is 0 Å². The lowest BCUT2D eigenvalue weighted by Crippen LogP contribution is -2.06. The number of aromatic nitrogens is 1. The number of rotatable bonds is 6. The summed E-state index contributed by atoms with van der Waals surface area (Å²) in [6, 6.07) is 11.3. The number of anilines is 1. The van der Waals surface area contributed by atoms with Gasteiger partial charge in [0.25, 0.3) is 0 Å². The lowest BCUT2D eigenvalue weighted by Gasteiger charge is -2.09. The molecule has 0 saturated heterocycles. The molecule has 1 aromatic heterocycles. The molecule has 1 N–H and O–H groups in total. The van der Waals surface area contributed by atoms with Crippen molar-refractivity contribution < 1.29 is 14.3 Å². The van der Waals surface area contributed by atoms with Crippen LogP contribution >= 0.6 is 0 Å². The highest BCUT2D eigenvalue weighted by Gasteiger charge is 2.07. The summed E-state index contributed by atoms with van der Waals surface area (Å²) in [5.41, 5.74) is 2.19. The van der Waals surface area contributed by atoms with Gasteiger partial charge >= 0.3 is 5.97 Å². The molecule has 1 aromatic carbocycles. The summed E-state index contributed by atoms with van der Waals surface area (Å²) in [6.07, 6.45) is 1.57. The third kappa shape index (κ3) is 4.21. The maximum atomic E-state index is 11.4. The van der Waals surface area contributed by atoms with Gasteiger partial charge in [0.2, 0.25) is 0 Å². The molecule has 2 aromatic rings. The van der Waals surface area contributed by atoms with Crippen LogP contribution in [0.25, 0.3) is 0 Å². The zero-order valence-electron chi connectivity index (χ0n) is 12.1. The topological polar surface area (TPSA) is 60.5 Å². The first-order valence-electron chi connectivity index (χ1n) is 6.73. The average molecular weight is 286 g/mol. The normalized spacial score (nSPS) is 10.0. The average Bonchev–Trinajstić information content (AvgIpc) is 2.53. The summed E-state index contributed by atoms with van der Waals surface area (Å²) >= 11 is 0. The highest BCUT2D eigenvalue weighted by atomic mass is 16.5. The van der Waals surface area contributed by atoms with Crippen LogP contribution in [0.1, 0.15) is 23.0 Å². The lowest BCUT2D eigenvalue weighted by molar-refractivity contribution is 0.0594. The van der Waals surface area contributed by atoms with Gasteiger partial charge < -0.3 is 14.8 Å². The number of nitrogens with one attached hydrogen (secondary N) is 1. The number of ether oxygens (including phenoxy) is 2. The second-order valence-corrected chi connectivity index (χ2v) is 4.36. The molecular weight excluding hydrogens is 268 g/mol. The van der Waals surface area contributed by atoms with Crippen molar-refractivity contribution in [2.45, 2.75) is 13.5 Å². The molecule has 0 aliphatic carbocycles.